The fourth-order valence-corrected chi connectivity index (χ4v) is 6.57. The van der Waals surface area contributed by atoms with Crippen molar-refractivity contribution in [2.75, 3.05) is 26.2 Å². The summed E-state index contributed by atoms with van der Waals surface area (Å²) >= 11 is 1.17. The van der Waals surface area contributed by atoms with Gasteiger partial charge in [-0.2, -0.15) is 26.3 Å². The number of carboxylic acids is 2. The maximum Gasteiger partial charge on any atom is 0.490 e. The topological polar surface area (TPSA) is 177 Å². The number of nitrogens with one attached hydrogen (secondary N) is 1. The molecule has 0 radical (unpaired) electrons. The molecule has 1 unspecified atom stereocenters. The number of amides is 1. The molecule has 1 atom stereocenters. The highest BCUT2D eigenvalue weighted by molar-refractivity contribution is 7.16. The van der Waals surface area contributed by atoms with Crippen molar-refractivity contribution in [3.05, 3.63) is 63.3 Å². The van der Waals surface area contributed by atoms with E-state index in [1.54, 1.807) is 6.07 Å². The van der Waals surface area contributed by atoms with Gasteiger partial charge in [0.05, 0.1) is 4.70 Å². The third kappa shape index (κ3) is 15.3. The van der Waals surface area contributed by atoms with Crippen LogP contribution in [0.4, 0.5) is 26.3 Å². The highest BCUT2D eigenvalue weighted by Gasteiger charge is 2.39. The fourth-order valence-electron chi connectivity index (χ4n) is 5.67. The molecule has 3 aromatic rings. The zero-order chi connectivity index (χ0) is 38.4. The number of halogens is 6. The van der Waals surface area contributed by atoms with Crippen molar-refractivity contribution in [1.82, 2.24) is 14.8 Å². The second kappa shape index (κ2) is 20.0. The number of aromatic hydroxyl groups is 1. The molecule has 1 heterocycles. The van der Waals surface area contributed by atoms with Gasteiger partial charge in [-0.05, 0) is 49.8 Å². The number of fused-ring (bicyclic) bond motifs is 1. The normalized spacial score (nSPS) is 14.4. The van der Waals surface area contributed by atoms with Crippen LogP contribution in [0, 0.1) is 0 Å². The maximum atomic E-state index is 12.0. The summed E-state index contributed by atoms with van der Waals surface area (Å²) < 4.78 is 64.3. The number of aliphatic carboxylic acids is 2. The van der Waals surface area contributed by atoms with Crippen LogP contribution in [0.25, 0.3) is 10.2 Å². The Morgan fingerprint density at radius 1 is 0.902 bits per heavy atom. The number of hydrogen-bond donors (Lipinski definition) is 5. The number of primary amides is 1. The molecule has 1 saturated carbocycles. The van der Waals surface area contributed by atoms with E-state index in [4.69, 9.17) is 25.5 Å². The van der Waals surface area contributed by atoms with Crippen LogP contribution in [0.1, 0.15) is 56.6 Å². The minimum atomic E-state index is -5.08. The lowest BCUT2D eigenvalue weighted by Gasteiger charge is -2.40. The number of carbonyl (C=O) groups excluding carboxylic acids is 1. The fraction of sp³-hybridized carbons (Fsp3) is 0.515. The summed E-state index contributed by atoms with van der Waals surface area (Å²) in [6.07, 6.45) is -1.81. The first kappa shape index (κ1) is 43.0. The summed E-state index contributed by atoms with van der Waals surface area (Å²) in [7, 11) is 0. The number of phenols is 1. The predicted molar refractivity (Wildman–Crippen MR) is 179 cm³/mol. The van der Waals surface area contributed by atoms with Crippen molar-refractivity contribution in [2.24, 2.45) is 5.73 Å². The maximum absolute atomic E-state index is 12.0. The van der Waals surface area contributed by atoms with Gasteiger partial charge in [-0.15, -0.1) is 0 Å². The summed E-state index contributed by atoms with van der Waals surface area (Å²) in [5.74, 6) is -5.65. The van der Waals surface area contributed by atoms with E-state index >= 15 is 0 Å². The zero-order valence-corrected chi connectivity index (χ0v) is 28.6. The lowest BCUT2D eigenvalue weighted by molar-refractivity contribution is -0.193. The van der Waals surface area contributed by atoms with E-state index in [1.165, 1.54) is 49.0 Å². The molecule has 1 aliphatic carbocycles. The van der Waals surface area contributed by atoms with Crippen molar-refractivity contribution in [2.45, 2.75) is 82.7 Å². The Labute approximate surface area is 293 Å². The number of nitrogens with zero attached hydrogens (tertiary/aromatic N) is 2. The van der Waals surface area contributed by atoms with Crippen LogP contribution in [0.5, 0.6) is 5.75 Å². The van der Waals surface area contributed by atoms with E-state index < -0.39 is 24.3 Å². The molecule has 284 valence electrons. The smallest absolute Gasteiger partial charge is 0.490 e. The molecule has 18 heteroatoms. The second-order valence-electron chi connectivity index (χ2n) is 11.9. The number of aromatic nitrogens is 1. The van der Waals surface area contributed by atoms with Crippen LogP contribution in [0.15, 0.2) is 47.3 Å². The van der Waals surface area contributed by atoms with Gasteiger partial charge in [0.1, 0.15) is 11.3 Å². The monoisotopic (exact) mass is 752 g/mol. The average Bonchev–Trinajstić information content (AvgIpc) is 3.46. The van der Waals surface area contributed by atoms with Gasteiger partial charge in [-0.3, -0.25) is 14.5 Å². The Morgan fingerprint density at radius 3 is 2.00 bits per heavy atom. The summed E-state index contributed by atoms with van der Waals surface area (Å²) in [5, 5.41) is 24.4. The number of aromatic amines is 1. The Morgan fingerprint density at radius 2 is 1.47 bits per heavy atom. The molecule has 1 fully saturated rings. The van der Waals surface area contributed by atoms with Gasteiger partial charge in [0, 0.05) is 44.7 Å². The SMILES string of the molecule is CC(CN(CCC(N)=O)CCc1ccccc1)N(CCc1ccc(O)c2[nH]c(=O)sc12)C1CCCCC1.O=C(O)C(F)(F)F.O=C(O)C(F)(F)F. The molecule has 0 saturated heterocycles. The third-order valence-electron chi connectivity index (χ3n) is 8.13. The molecule has 0 aliphatic heterocycles. The van der Waals surface area contributed by atoms with Crippen molar-refractivity contribution in [3.63, 3.8) is 0 Å². The number of alkyl halides is 6. The minimum absolute atomic E-state index is 0.123. The molecule has 11 nitrogen and oxygen atoms in total. The molecular weight excluding hydrogens is 710 g/mol. The number of H-pyrrole nitrogens is 1. The van der Waals surface area contributed by atoms with Crippen LogP contribution < -0.4 is 10.6 Å². The second-order valence-corrected chi connectivity index (χ2v) is 12.9. The van der Waals surface area contributed by atoms with Crippen molar-refractivity contribution >= 4 is 39.4 Å². The third-order valence-corrected chi connectivity index (χ3v) is 9.09. The zero-order valence-electron chi connectivity index (χ0n) is 27.8. The first-order chi connectivity index (χ1) is 23.8. The molecule has 2 aromatic carbocycles. The Kier molecular flexibility index (Phi) is 16.9. The highest BCUT2D eigenvalue weighted by atomic mass is 32.1. The summed E-state index contributed by atoms with van der Waals surface area (Å²) in [5.41, 5.74) is 8.45. The molecule has 1 amide bonds. The van der Waals surface area contributed by atoms with Crippen LogP contribution in [-0.2, 0) is 27.2 Å². The van der Waals surface area contributed by atoms with Gasteiger partial charge < -0.3 is 30.9 Å². The van der Waals surface area contributed by atoms with Gasteiger partial charge in [0.25, 0.3) is 0 Å². The van der Waals surface area contributed by atoms with Crippen LogP contribution in [-0.4, -0.2) is 98.6 Å². The van der Waals surface area contributed by atoms with Gasteiger partial charge in [-0.25, -0.2) is 9.59 Å². The number of nitrogens with two attached hydrogens (primary N) is 1. The lowest BCUT2D eigenvalue weighted by Crippen LogP contribution is -2.49. The predicted octanol–water partition coefficient (Wildman–Crippen LogP) is 5.55. The van der Waals surface area contributed by atoms with E-state index in [-0.39, 0.29) is 16.5 Å². The Balaban J connectivity index is 0.000000543. The van der Waals surface area contributed by atoms with Crippen molar-refractivity contribution in [3.8, 4) is 5.75 Å². The lowest BCUT2D eigenvalue weighted by atomic mass is 9.92. The number of thiazole rings is 1. The molecule has 51 heavy (non-hydrogen) atoms. The molecule has 4 rings (SSSR count). The molecule has 0 bridgehead atoms. The first-order valence-corrected chi connectivity index (χ1v) is 16.9. The van der Waals surface area contributed by atoms with Crippen LogP contribution >= 0.6 is 11.3 Å². The van der Waals surface area contributed by atoms with E-state index in [1.807, 2.05) is 12.1 Å². The van der Waals surface area contributed by atoms with Gasteiger partial charge >= 0.3 is 29.2 Å². The van der Waals surface area contributed by atoms with Gasteiger partial charge in [-0.1, -0.05) is 67.0 Å². The molecule has 0 spiro atoms. The first-order valence-electron chi connectivity index (χ1n) is 16.0. The molecule has 6 N–H and O–H groups in total. The summed E-state index contributed by atoms with van der Waals surface area (Å²) in [6, 6.07) is 14.9. The summed E-state index contributed by atoms with van der Waals surface area (Å²) in [4.78, 5) is 49.0. The van der Waals surface area contributed by atoms with E-state index in [9.17, 15) is 41.0 Å². The van der Waals surface area contributed by atoms with Crippen LogP contribution in [0.2, 0.25) is 0 Å². The van der Waals surface area contributed by atoms with Crippen LogP contribution in [0.3, 0.4) is 0 Å². The number of carbonyl (C=O) groups is 3. The Hall–Kier alpha value is -4.16. The van der Waals surface area contributed by atoms with Crippen molar-refractivity contribution in [1.29, 1.82) is 0 Å². The highest BCUT2D eigenvalue weighted by Crippen LogP contribution is 2.30. The van der Waals surface area contributed by atoms with Gasteiger partial charge in [0.15, 0.2) is 0 Å². The average molecular weight is 753 g/mol. The number of carboxylic acid groups (broad SMARTS) is 2. The molecule has 1 aliphatic rings. The van der Waals surface area contributed by atoms with E-state index in [2.05, 4.69) is 46.0 Å². The van der Waals surface area contributed by atoms with Crippen molar-refractivity contribution < 1.29 is 56.0 Å². The standard InChI is InChI=1S/C29H40N4O3S.2C2HF3O2/c1-21(20-32(18-16-26(30)35)17-14-22-8-4-2-5-9-22)33(24-10-6-3-7-11-24)19-15-23-12-13-25(34)27-28(23)37-29(36)31-27;2*3-2(4,5)1(6)7/h2,4-5,8-9,12-13,21,24,34H,3,6-7,10-11,14-20H2,1H3,(H2,30,35)(H,31,36);2*(H,6,7). The van der Waals surface area contributed by atoms with E-state index in [0.717, 1.165) is 42.7 Å². The Bertz CT molecular complexity index is 1580. The number of rotatable bonds is 13. The van der Waals surface area contributed by atoms with Gasteiger partial charge in [0.2, 0.25) is 5.91 Å². The largest absolute Gasteiger partial charge is 0.506 e. The molecular formula is C33H42F6N4O7S. The number of phenolic OH excluding ortho intramolecular Hbond substituents is 1. The molecule has 1 aromatic heterocycles. The van der Waals surface area contributed by atoms with E-state index in [0.29, 0.717) is 30.6 Å². The quantitative estimate of drug-likeness (QED) is 0.140. The summed E-state index contributed by atoms with van der Waals surface area (Å²) in [6.45, 7) is 5.62. The minimum Gasteiger partial charge on any atom is -0.506 e. The number of benzene rings is 2. The number of hydrogen-bond acceptors (Lipinski definition) is 8.